The fourth-order valence-corrected chi connectivity index (χ4v) is 8.30. The van der Waals surface area contributed by atoms with E-state index >= 15 is 0 Å². The minimum absolute atomic E-state index is 0.133. The van der Waals surface area contributed by atoms with E-state index in [2.05, 4.69) is 139 Å². The van der Waals surface area contributed by atoms with E-state index in [1.807, 2.05) is 183 Å². The van der Waals surface area contributed by atoms with Gasteiger partial charge in [0, 0.05) is 78.3 Å². The smallest absolute Gasteiger partial charge is 0.0733 e. The predicted octanol–water partition coefficient (Wildman–Crippen LogP) is 19.3. The van der Waals surface area contributed by atoms with Crippen molar-refractivity contribution in [3.63, 3.8) is 0 Å². The minimum atomic E-state index is -2.15. The molecule has 0 saturated carbocycles. The lowest BCUT2D eigenvalue weighted by Crippen LogP contribution is -1.94. The first kappa shape index (κ1) is 50.7. The van der Waals surface area contributed by atoms with Gasteiger partial charge in [0.25, 0.3) is 0 Å². The SMILES string of the molecule is Cc1cccnc1-c1ccccc1.Cc1ccnc(-c2ccccc2)c1.Cc1ccnc(-c2ccccc2)c1C.Cc1cnc(-c2ccccc2)c(C)c1C.[2H]C([2H])([2H])c1ccc(-c2ccccc2)nc1.[2H]C([2H])([2H])c1cccc(-c2ccccc2)n1. The van der Waals surface area contributed by atoms with Gasteiger partial charge in [0.2, 0.25) is 0 Å². The quantitative estimate of drug-likeness (QED) is 0.165. The Bertz CT molecular complexity index is 4000. The third-order valence-electron chi connectivity index (χ3n) is 13.2. The second-order valence-electron chi connectivity index (χ2n) is 19.1. The maximum atomic E-state index is 7.30. The molecule has 402 valence electrons. The van der Waals surface area contributed by atoms with Gasteiger partial charge >= 0.3 is 0 Å². The Hall–Kier alpha value is -9.78. The van der Waals surface area contributed by atoms with Crippen LogP contribution in [0.15, 0.2) is 274 Å². The monoisotopic (exact) mass is 1060 g/mol. The zero-order valence-corrected chi connectivity index (χ0v) is 47.2. The minimum Gasteiger partial charge on any atom is -0.256 e. The van der Waals surface area contributed by atoms with Gasteiger partial charge in [-0.3, -0.25) is 29.9 Å². The molecule has 0 amide bonds. The highest BCUT2D eigenvalue weighted by Crippen LogP contribution is 2.26. The summed E-state index contributed by atoms with van der Waals surface area (Å²) in [6.07, 6.45) is 8.90. The van der Waals surface area contributed by atoms with Crippen molar-refractivity contribution < 1.29 is 8.22 Å². The molecule has 6 heterocycles. The standard InChI is InChI=1S/C14H15N.C13H13N.4C12H11N/c1-10-9-15-14(12(3)11(10)2)13-7-5-4-6-8-13;1-10-8-9-14-13(11(10)2)12-6-4-3-5-7-12;1-10-6-5-9-13-12(10)11-7-3-2-4-8-11;1-10-6-5-9-12(13-10)11-7-3-2-4-8-11;1-10-7-8-13-12(9-10)11-5-3-2-4-6-11;1-10-7-8-12(13-9-10)11-5-3-2-4-6-11/h4-9H,1-3H3;3-9H,1-2H3;4*2-9H,1H3/i;;;1D3;;1D3. The Morgan fingerprint density at radius 1 is 0.272 bits per heavy atom. The third-order valence-corrected chi connectivity index (χ3v) is 13.2. The molecule has 0 aliphatic carbocycles. The third kappa shape index (κ3) is 18.1. The summed E-state index contributed by atoms with van der Waals surface area (Å²) >= 11 is 0. The van der Waals surface area contributed by atoms with Gasteiger partial charge in [-0.15, -0.1) is 0 Å². The van der Waals surface area contributed by atoms with Crippen LogP contribution in [0.2, 0.25) is 0 Å². The van der Waals surface area contributed by atoms with Gasteiger partial charge in [-0.05, 0) is 149 Å². The molecule has 0 aliphatic heterocycles. The first-order valence-corrected chi connectivity index (χ1v) is 26.8. The van der Waals surface area contributed by atoms with Crippen LogP contribution in [-0.4, -0.2) is 29.9 Å². The average molecular weight is 1060 g/mol. The Balaban J connectivity index is 0.000000149. The topological polar surface area (TPSA) is 77.3 Å². The van der Waals surface area contributed by atoms with Crippen LogP contribution in [0.3, 0.4) is 0 Å². The van der Waals surface area contributed by atoms with Crippen molar-refractivity contribution >= 4 is 0 Å². The molecule has 0 radical (unpaired) electrons. The van der Waals surface area contributed by atoms with Crippen molar-refractivity contribution in [2.24, 2.45) is 0 Å². The van der Waals surface area contributed by atoms with Gasteiger partial charge in [-0.1, -0.05) is 200 Å². The first-order valence-electron chi connectivity index (χ1n) is 29.8. The number of hydrogen-bond acceptors (Lipinski definition) is 6. The molecule has 0 bridgehead atoms. The van der Waals surface area contributed by atoms with Crippen LogP contribution in [-0.2, 0) is 0 Å². The molecule has 0 N–H and O–H groups in total. The van der Waals surface area contributed by atoms with Crippen LogP contribution in [0.25, 0.3) is 67.5 Å². The van der Waals surface area contributed by atoms with Crippen molar-refractivity contribution in [3.05, 3.63) is 324 Å². The van der Waals surface area contributed by atoms with Crippen LogP contribution in [0.5, 0.6) is 0 Å². The van der Waals surface area contributed by atoms with Crippen LogP contribution in [0.1, 0.15) is 58.4 Å². The Morgan fingerprint density at radius 3 is 1.27 bits per heavy atom. The van der Waals surface area contributed by atoms with E-state index in [1.165, 1.54) is 73.5 Å². The van der Waals surface area contributed by atoms with Crippen molar-refractivity contribution in [1.82, 2.24) is 29.9 Å². The van der Waals surface area contributed by atoms with Gasteiger partial charge in [0.1, 0.15) is 0 Å². The van der Waals surface area contributed by atoms with E-state index in [1.54, 1.807) is 18.2 Å². The lowest BCUT2D eigenvalue weighted by atomic mass is 10.0. The Morgan fingerprint density at radius 2 is 0.765 bits per heavy atom. The summed E-state index contributed by atoms with van der Waals surface area (Å²) in [7, 11) is 0. The molecule has 0 unspecified atom stereocenters. The number of aromatic nitrogens is 6. The van der Waals surface area contributed by atoms with E-state index in [0.717, 1.165) is 39.6 Å². The summed E-state index contributed by atoms with van der Waals surface area (Å²) in [5.74, 6) is 0. The van der Waals surface area contributed by atoms with Crippen molar-refractivity contribution in [1.29, 1.82) is 0 Å². The molecule has 12 aromatic rings. The summed E-state index contributed by atoms with van der Waals surface area (Å²) in [6.45, 7) is 10.5. The summed E-state index contributed by atoms with van der Waals surface area (Å²) < 4.78 is 43.6. The number of nitrogens with zero attached hydrogens (tertiary/aromatic N) is 6. The second-order valence-corrected chi connectivity index (χ2v) is 19.1. The number of rotatable bonds is 6. The largest absolute Gasteiger partial charge is 0.256 e. The van der Waals surface area contributed by atoms with Gasteiger partial charge in [0.15, 0.2) is 0 Å². The van der Waals surface area contributed by atoms with E-state index < -0.39 is 13.7 Å². The summed E-state index contributed by atoms with van der Waals surface area (Å²) in [6, 6.07) is 78.8. The van der Waals surface area contributed by atoms with Crippen molar-refractivity contribution in [2.45, 2.75) is 62.2 Å². The molecular formula is C75H72N6. The molecule has 6 nitrogen and oxygen atoms in total. The predicted molar refractivity (Wildman–Crippen MR) is 341 cm³/mol. The zero-order valence-electron chi connectivity index (χ0n) is 53.2. The van der Waals surface area contributed by atoms with Crippen molar-refractivity contribution in [3.8, 4) is 67.5 Å². The van der Waals surface area contributed by atoms with E-state index in [0.29, 0.717) is 5.69 Å². The molecule has 6 aromatic heterocycles. The molecule has 0 spiro atoms. The van der Waals surface area contributed by atoms with Crippen molar-refractivity contribution in [2.75, 3.05) is 0 Å². The number of hydrogen-bond donors (Lipinski definition) is 0. The highest BCUT2D eigenvalue weighted by Gasteiger charge is 2.08. The normalized spacial score (nSPS) is 11.4. The van der Waals surface area contributed by atoms with Crippen LogP contribution in [0, 0.1) is 62.2 Å². The maximum absolute atomic E-state index is 7.30. The van der Waals surface area contributed by atoms with Gasteiger partial charge < -0.3 is 0 Å². The molecular weight excluding hydrogens is 985 g/mol. The highest BCUT2D eigenvalue weighted by molar-refractivity contribution is 5.66. The molecule has 81 heavy (non-hydrogen) atoms. The van der Waals surface area contributed by atoms with Crippen LogP contribution < -0.4 is 0 Å². The van der Waals surface area contributed by atoms with Gasteiger partial charge in [0.05, 0.1) is 34.2 Å². The number of benzene rings is 6. The number of aryl methyl sites for hydroxylation is 6. The summed E-state index contributed by atoms with van der Waals surface area (Å²) in [5, 5.41) is 0. The first-order chi connectivity index (χ1) is 41.9. The number of pyridine rings is 6. The van der Waals surface area contributed by atoms with Crippen LogP contribution in [0.4, 0.5) is 0 Å². The zero-order chi connectivity index (χ0) is 62.2. The van der Waals surface area contributed by atoms with Gasteiger partial charge in [-0.25, -0.2) is 0 Å². The summed E-state index contributed by atoms with van der Waals surface area (Å²) in [5.41, 5.74) is 21.7. The van der Waals surface area contributed by atoms with Gasteiger partial charge in [-0.2, -0.15) is 0 Å². The molecule has 6 aromatic carbocycles. The van der Waals surface area contributed by atoms with E-state index in [4.69, 9.17) is 8.22 Å². The lowest BCUT2D eigenvalue weighted by molar-refractivity contribution is 1.17. The Labute approximate surface area is 489 Å². The fourth-order valence-electron chi connectivity index (χ4n) is 8.30. The molecule has 12 rings (SSSR count). The molecule has 0 atom stereocenters. The molecule has 0 fully saturated rings. The highest BCUT2D eigenvalue weighted by atomic mass is 14.7. The summed E-state index contributed by atoms with van der Waals surface area (Å²) in [4.78, 5) is 25.9. The van der Waals surface area contributed by atoms with E-state index in [-0.39, 0.29) is 11.3 Å². The second kappa shape index (κ2) is 31.0. The molecule has 6 heteroatoms. The fraction of sp³-hybridized carbons (Fsp3) is 0.120. The van der Waals surface area contributed by atoms with Crippen LogP contribution >= 0.6 is 0 Å². The molecule has 0 saturated heterocycles. The maximum Gasteiger partial charge on any atom is 0.0733 e. The Kier molecular flexibility index (Phi) is 19.4. The van der Waals surface area contributed by atoms with E-state index in [9.17, 15) is 0 Å². The molecule has 0 aliphatic rings. The average Bonchev–Trinajstić information content (AvgIpc) is 3.12. The lowest BCUT2D eigenvalue weighted by Gasteiger charge is -2.09.